The summed E-state index contributed by atoms with van der Waals surface area (Å²) in [6.07, 6.45) is 2.20. The Morgan fingerprint density at radius 3 is 2.50 bits per heavy atom. The van der Waals surface area contributed by atoms with Crippen molar-refractivity contribution >= 4 is 51.6 Å². The van der Waals surface area contributed by atoms with Crippen LogP contribution in [-0.2, 0) is 11.3 Å². The Kier molecular flexibility index (Phi) is 6.33. The van der Waals surface area contributed by atoms with Crippen molar-refractivity contribution in [2.75, 3.05) is 0 Å². The minimum atomic E-state index is -0.206. The second kappa shape index (κ2) is 9.13. The summed E-state index contributed by atoms with van der Waals surface area (Å²) in [7, 11) is 0. The van der Waals surface area contributed by atoms with Gasteiger partial charge in [-0.2, -0.15) is 0 Å². The predicted molar refractivity (Wildman–Crippen MR) is 125 cm³/mol. The predicted octanol–water partition coefficient (Wildman–Crippen LogP) is 6.97. The van der Waals surface area contributed by atoms with Crippen LogP contribution in [0.2, 0.25) is 15.1 Å². The van der Waals surface area contributed by atoms with Crippen molar-refractivity contribution in [3.05, 3.63) is 105 Å². The number of carbonyl (C=O) groups excluding carboxylic acids is 1. The summed E-state index contributed by atoms with van der Waals surface area (Å²) in [6, 6.07) is 21.0. The van der Waals surface area contributed by atoms with Crippen molar-refractivity contribution < 1.29 is 4.79 Å². The molecule has 3 nitrogen and oxygen atoms in total. The molecule has 1 atom stereocenters. The number of amides is 1. The minimum absolute atomic E-state index is 0.0497. The second-order valence-electron chi connectivity index (χ2n) is 7.13. The van der Waals surface area contributed by atoms with Crippen LogP contribution in [0.1, 0.15) is 29.0 Å². The van der Waals surface area contributed by atoms with Crippen molar-refractivity contribution in [1.29, 1.82) is 0 Å². The lowest BCUT2D eigenvalue weighted by Gasteiger charge is -2.18. The standard InChI is InChI=1S/C24H19Cl3N2O/c25-17-7-9-23-19(11-17)20(14-28-23)18(16-6-8-21(26)22(27)10-16)12-24(30)29-13-15-4-2-1-3-5-15/h1-11,14,18,28H,12-13H2,(H,29,30)/t18-/m1/s1. The molecule has 0 saturated carbocycles. The maximum Gasteiger partial charge on any atom is 0.221 e. The van der Waals surface area contributed by atoms with Gasteiger partial charge in [0, 0.05) is 41.0 Å². The lowest BCUT2D eigenvalue weighted by molar-refractivity contribution is -0.121. The van der Waals surface area contributed by atoms with Crippen LogP contribution in [-0.4, -0.2) is 10.9 Å². The lowest BCUT2D eigenvalue weighted by Crippen LogP contribution is -2.25. The number of carbonyl (C=O) groups is 1. The third kappa shape index (κ3) is 4.65. The molecule has 0 aliphatic heterocycles. The average molecular weight is 458 g/mol. The van der Waals surface area contributed by atoms with E-state index in [2.05, 4.69) is 10.3 Å². The zero-order valence-electron chi connectivity index (χ0n) is 16.0. The van der Waals surface area contributed by atoms with E-state index in [4.69, 9.17) is 34.8 Å². The third-order valence-corrected chi connectivity index (χ3v) is 6.09. The Balaban J connectivity index is 1.65. The first kappa shape index (κ1) is 20.8. The Morgan fingerprint density at radius 1 is 0.933 bits per heavy atom. The highest BCUT2D eigenvalue weighted by molar-refractivity contribution is 6.42. The fourth-order valence-electron chi connectivity index (χ4n) is 3.59. The monoisotopic (exact) mass is 456 g/mol. The van der Waals surface area contributed by atoms with Crippen molar-refractivity contribution in [2.45, 2.75) is 18.9 Å². The molecule has 0 fully saturated rings. The number of aromatic nitrogens is 1. The number of nitrogens with one attached hydrogen (secondary N) is 2. The highest BCUT2D eigenvalue weighted by Crippen LogP contribution is 2.36. The van der Waals surface area contributed by atoms with E-state index >= 15 is 0 Å². The van der Waals surface area contributed by atoms with E-state index in [1.54, 1.807) is 6.07 Å². The van der Waals surface area contributed by atoms with Crippen LogP contribution < -0.4 is 5.32 Å². The van der Waals surface area contributed by atoms with Gasteiger partial charge in [-0.1, -0.05) is 71.2 Å². The van der Waals surface area contributed by atoms with E-state index in [-0.39, 0.29) is 18.2 Å². The number of hydrogen-bond donors (Lipinski definition) is 2. The van der Waals surface area contributed by atoms with E-state index in [0.717, 1.165) is 27.6 Å². The molecule has 1 heterocycles. The van der Waals surface area contributed by atoms with Crippen LogP contribution in [0.25, 0.3) is 10.9 Å². The SMILES string of the molecule is O=C(C[C@H](c1ccc(Cl)c(Cl)c1)c1c[nH]c2ccc(Cl)cc12)NCc1ccccc1. The Morgan fingerprint density at radius 2 is 1.73 bits per heavy atom. The smallest absolute Gasteiger partial charge is 0.221 e. The third-order valence-electron chi connectivity index (χ3n) is 5.12. The highest BCUT2D eigenvalue weighted by Gasteiger charge is 2.22. The average Bonchev–Trinajstić information content (AvgIpc) is 3.16. The fourth-order valence-corrected chi connectivity index (χ4v) is 4.07. The molecule has 0 bridgehead atoms. The van der Waals surface area contributed by atoms with Crippen LogP contribution >= 0.6 is 34.8 Å². The number of hydrogen-bond acceptors (Lipinski definition) is 1. The lowest BCUT2D eigenvalue weighted by atomic mass is 9.88. The summed E-state index contributed by atoms with van der Waals surface area (Å²) in [5, 5.41) is 5.58. The fraction of sp³-hybridized carbons (Fsp3) is 0.125. The van der Waals surface area contributed by atoms with Crippen molar-refractivity contribution in [3.8, 4) is 0 Å². The summed E-state index contributed by atoms with van der Waals surface area (Å²) in [5.41, 5.74) is 3.92. The van der Waals surface area contributed by atoms with Gasteiger partial charge in [0.2, 0.25) is 5.91 Å². The quantitative estimate of drug-likeness (QED) is 0.323. The molecule has 4 aromatic rings. The number of halogens is 3. The highest BCUT2D eigenvalue weighted by atomic mass is 35.5. The van der Waals surface area contributed by atoms with Crippen LogP contribution in [0, 0.1) is 0 Å². The molecule has 3 aromatic carbocycles. The van der Waals surface area contributed by atoms with Gasteiger partial charge in [-0.25, -0.2) is 0 Å². The summed E-state index contributed by atoms with van der Waals surface area (Å²) in [5.74, 6) is -0.255. The molecule has 0 unspecified atom stereocenters. The van der Waals surface area contributed by atoms with Gasteiger partial charge in [0.25, 0.3) is 0 Å². The van der Waals surface area contributed by atoms with Crippen LogP contribution in [0.5, 0.6) is 0 Å². The van der Waals surface area contributed by atoms with Crippen molar-refractivity contribution in [3.63, 3.8) is 0 Å². The second-order valence-corrected chi connectivity index (χ2v) is 8.38. The summed E-state index contributed by atoms with van der Waals surface area (Å²) in [4.78, 5) is 16.1. The zero-order valence-corrected chi connectivity index (χ0v) is 18.2. The molecule has 2 N–H and O–H groups in total. The Hall–Kier alpha value is -2.46. The number of benzene rings is 3. The van der Waals surface area contributed by atoms with Gasteiger partial charge in [-0.15, -0.1) is 0 Å². The van der Waals surface area contributed by atoms with Crippen molar-refractivity contribution in [2.24, 2.45) is 0 Å². The van der Waals surface area contributed by atoms with Crippen LogP contribution in [0.15, 0.2) is 72.9 Å². The normalized spacial score (nSPS) is 12.1. The number of H-pyrrole nitrogens is 1. The van der Waals surface area contributed by atoms with Gasteiger partial charge < -0.3 is 10.3 Å². The molecule has 1 amide bonds. The molecule has 0 saturated heterocycles. The molecule has 0 radical (unpaired) electrons. The van der Waals surface area contributed by atoms with E-state index < -0.39 is 0 Å². The maximum absolute atomic E-state index is 12.8. The summed E-state index contributed by atoms with van der Waals surface area (Å²) in [6.45, 7) is 0.480. The van der Waals surface area contributed by atoms with E-state index in [1.807, 2.05) is 66.9 Å². The van der Waals surface area contributed by atoms with Gasteiger partial charge in [0.15, 0.2) is 0 Å². The topological polar surface area (TPSA) is 44.9 Å². The molecular weight excluding hydrogens is 439 g/mol. The molecular formula is C24H19Cl3N2O. The van der Waals surface area contributed by atoms with E-state index in [0.29, 0.717) is 21.6 Å². The van der Waals surface area contributed by atoms with E-state index in [1.165, 1.54) is 0 Å². The molecule has 0 aliphatic carbocycles. The Bertz CT molecular complexity index is 1190. The minimum Gasteiger partial charge on any atom is -0.361 e. The summed E-state index contributed by atoms with van der Waals surface area (Å²) >= 11 is 18.6. The number of fused-ring (bicyclic) bond motifs is 1. The van der Waals surface area contributed by atoms with Crippen LogP contribution in [0.3, 0.4) is 0 Å². The first-order valence-electron chi connectivity index (χ1n) is 9.53. The van der Waals surface area contributed by atoms with Gasteiger partial charge >= 0.3 is 0 Å². The summed E-state index contributed by atoms with van der Waals surface area (Å²) < 4.78 is 0. The van der Waals surface area contributed by atoms with Gasteiger partial charge in [-0.05, 0) is 47.0 Å². The van der Waals surface area contributed by atoms with Gasteiger partial charge in [-0.3, -0.25) is 4.79 Å². The Labute approximate surface area is 190 Å². The van der Waals surface area contributed by atoms with Crippen LogP contribution in [0.4, 0.5) is 0 Å². The first-order chi connectivity index (χ1) is 14.5. The molecule has 0 spiro atoms. The molecule has 30 heavy (non-hydrogen) atoms. The number of rotatable bonds is 6. The molecule has 4 rings (SSSR count). The van der Waals surface area contributed by atoms with E-state index in [9.17, 15) is 4.79 Å². The molecule has 6 heteroatoms. The number of aromatic amines is 1. The molecule has 152 valence electrons. The largest absolute Gasteiger partial charge is 0.361 e. The maximum atomic E-state index is 12.8. The van der Waals surface area contributed by atoms with Crippen molar-refractivity contribution in [1.82, 2.24) is 10.3 Å². The van der Waals surface area contributed by atoms with Gasteiger partial charge in [0.1, 0.15) is 0 Å². The molecule has 0 aliphatic rings. The first-order valence-corrected chi connectivity index (χ1v) is 10.7. The molecule has 1 aromatic heterocycles. The zero-order chi connectivity index (χ0) is 21.1. The van der Waals surface area contributed by atoms with Gasteiger partial charge in [0.05, 0.1) is 10.0 Å².